The first-order chi connectivity index (χ1) is 5.24. The fourth-order valence-corrected chi connectivity index (χ4v) is 0.706. The Hall–Kier alpha value is -1.16. The normalized spacial score (nSPS) is 12.6. The van der Waals surface area contributed by atoms with Gasteiger partial charge in [0.05, 0.1) is 12.8 Å². The van der Waals surface area contributed by atoms with Crippen molar-refractivity contribution in [1.29, 1.82) is 0 Å². The SMILES string of the molecule is COc1nccc(C(C)N)n1. The predicted molar refractivity (Wildman–Crippen MR) is 41.2 cm³/mol. The van der Waals surface area contributed by atoms with Gasteiger partial charge < -0.3 is 10.5 Å². The van der Waals surface area contributed by atoms with E-state index in [1.54, 1.807) is 12.3 Å². The number of ether oxygens (including phenoxy) is 1. The fraction of sp³-hybridized carbons (Fsp3) is 0.429. The van der Waals surface area contributed by atoms with Crippen molar-refractivity contribution in [2.24, 2.45) is 5.73 Å². The topological polar surface area (TPSA) is 61.0 Å². The number of hydrogen-bond acceptors (Lipinski definition) is 4. The van der Waals surface area contributed by atoms with E-state index in [1.807, 2.05) is 6.92 Å². The largest absolute Gasteiger partial charge is 0.467 e. The van der Waals surface area contributed by atoms with Crippen LogP contribution in [-0.2, 0) is 0 Å². The van der Waals surface area contributed by atoms with Gasteiger partial charge in [0.1, 0.15) is 0 Å². The van der Waals surface area contributed by atoms with Gasteiger partial charge >= 0.3 is 6.01 Å². The van der Waals surface area contributed by atoms with E-state index >= 15 is 0 Å². The summed E-state index contributed by atoms with van der Waals surface area (Å²) in [6.45, 7) is 1.86. The van der Waals surface area contributed by atoms with Gasteiger partial charge in [-0.15, -0.1) is 0 Å². The molecule has 0 bridgehead atoms. The van der Waals surface area contributed by atoms with E-state index in [4.69, 9.17) is 10.5 Å². The van der Waals surface area contributed by atoms with Crippen LogP contribution >= 0.6 is 0 Å². The molecule has 0 amide bonds. The van der Waals surface area contributed by atoms with E-state index < -0.39 is 0 Å². The molecule has 0 aliphatic heterocycles. The van der Waals surface area contributed by atoms with Gasteiger partial charge in [-0.3, -0.25) is 0 Å². The van der Waals surface area contributed by atoms with E-state index in [1.165, 1.54) is 7.11 Å². The molecule has 0 aromatic carbocycles. The lowest BCUT2D eigenvalue weighted by Gasteiger charge is -2.04. The summed E-state index contributed by atoms with van der Waals surface area (Å²) in [5.74, 6) is 0. The molecule has 1 unspecified atom stereocenters. The third-order valence-corrected chi connectivity index (χ3v) is 1.30. The maximum atomic E-state index is 5.59. The summed E-state index contributed by atoms with van der Waals surface area (Å²) in [7, 11) is 1.53. The minimum absolute atomic E-state index is 0.0769. The average Bonchev–Trinajstić information content (AvgIpc) is 2.05. The summed E-state index contributed by atoms with van der Waals surface area (Å²) in [5, 5.41) is 0. The Morgan fingerprint density at radius 2 is 2.36 bits per heavy atom. The van der Waals surface area contributed by atoms with Crippen molar-refractivity contribution < 1.29 is 4.74 Å². The van der Waals surface area contributed by atoms with Crippen LogP contribution in [0, 0.1) is 0 Å². The molecule has 4 nitrogen and oxygen atoms in total. The van der Waals surface area contributed by atoms with E-state index in [9.17, 15) is 0 Å². The van der Waals surface area contributed by atoms with Crippen molar-refractivity contribution in [1.82, 2.24) is 9.97 Å². The second-order valence-electron chi connectivity index (χ2n) is 2.26. The molecule has 1 aromatic heterocycles. The molecule has 0 saturated carbocycles. The highest BCUT2D eigenvalue weighted by Crippen LogP contribution is 2.07. The number of nitrogens with zero attached hydrogens (tertiary/aromatic N) is 2. The van der Waals surface area contributed by atoms with Gasteiger partial charge in [-0.05, 0) is 13.0 Å². The van der Waals surface area contributed by atoms with E-state index in [0.717, 1.165) is 5.69 Å². The van der Waals surface area contributed by atoms with Crippen LogP contribution in [0.1, 0.15) is 18.7 Å². The Morgan fingerprint density at radius 3 is 2.91 bits per heavy atom. The number of rotatable bonds is 2. The summed E-state index contributed by atoms with van der Waals surface area (Å²) in [5.41, 5.74) is 6.38. The molecule has 1 aromatic rings. The van der Waals surface area contributed by atoms with Crippen LogP contribution in [0.3, 0.4) is 0 Å². The molecule has 11 heavy (non-hydrogen) atoms. The van der Waals surface area contributed by atoms with Gasteiger partial charge in [-0.2, -0.15) is 4.98 Å². The summed E-state index contributed by atoms with van der Waals surface area (Å²) >= 11 is 0. The summed E-state index contributed by atoms with van der Waals surface area (Å²) in [6.07, 6.45) is 1.63. The quantitative estimate of drug-likeness (QED) is 0.672. The van der Waals surface area contributed by atoms with Crippen LogP contribution in [0.4, 0.5) is 0 Å². The van der Waals surface area contributed by atoms with Gasteiger partial charge in [0, 0.05) is 12.2 Å². The van der Waals surface area contributed by atoms with Crippen LogP contribution in [-0.4, -0.2) is 17.1 Å². The maximum absolute atomic E-state index is 5.59. The van der Waals surface area contributed by atoms with E-state index in [2.05, 4.69) is 9.97 Å². The Kier molecular flexibility index (Phi) is 2.38. The Balaban J connectivity index is 2.91. The minimum atomic E-state index is -0.0769. The number of hydrogen-bond donors (Lipinski definition) is 1. The lowest BCUT2D eigenvalue weighted by molar-refractivity contribution is 0.377. The van der Waals surface area contributed by atoms with Gasteiger partial charge in [0.15, 0.2) is 0 Å². The van der Waals surface area contributed by atoms with Crippen molar-refractivity contribution in [2.75, 3.05) is 7.11 Å². The van der Waals surface area contributed by atoms with Crippen molar-refractivity contribution in [3.8, 4) is 6.01 Å². The molecule has 0 spiro atoms. The molecule has 0 aliphatic rings. The van der Waals surface area contributed by atoms with E-state index in [-0.39, 0.29) is 6.04 Å². The first-order valence-corrected chi connectivity index (χ1v) is 3.36. The summed E-state index contributed by atoms with van der Waals surface area (Å²) < 4.78 is 4.83. The molecular weight excluding hydrogens is 142 g/mol. The van der Waals surface area contributed by atoms with Crippen molar-refractivity contribution in [2.45, 2.75) is 13.0 Å². The first kappa shape index (κ1) is 7.94. The Bertz CT molecular complexity index is 237. The monoisotopic (exact) mass is 153 g/mol. The maximum Gasteiger partial charge on any atom is 0.316 e. The second-order valence-corrected chi connectivity index (χ2v) is 2.26. The lowest BCUT2D eigenvalue weighted by atomic mass is 10.2. The molecule has 1 heterocycles. The van der Waals surface area contributed by atoms with Gasteiger partial charge in [-0.25, -0.2) is 4.98 Å². The highest BCUT2D eigenvalue weighted by molar-refractivity contribution is 5.08. The van der Waals surface area contributed by atoms with Gasteiger partial charge in [-0.1, -0.05) is 0 Å². The summed E-state index contributed by atoms with van der Waals surface area (Å²) in [6, 6.07) is 2.05. The highest BCUT2D eigenvalue weighted by atomic mass is 16.5. The van der Waals surface area contributed by atoms with Crippen molar-refractivity contribution in [3.63, 3.8) is 0 Å². The molecule has 2 N–H and O–H groups in total. The predicted octanol–water partition coefficient (Wildman–Crippen LogP) is 0.505. The van der Waals surface area contributed by atoms with Gasteiger partial charge in [0.25, 0.3) is 0 Å². The molecule has 1 rings (SSSR count). The second kappa shape index (κ2) is 3.30. The van der Waals surface area contributed by atoms with Crippen molar-refractivity contribution >= 4 is 0 Å². The third kappa shape index (κ3) is 1.88. The van der Waals surface area contributed by atoms with Gasteiger partial charge in [0.2, 0.25) is 0 Å². The number of aromatic nitrogens is 2. The molecule has 0 radical (unpaired) electrons. The standard InChI is InChI=1S/C7H11N3O/c1-5(8)6-3-4-9-7(10-6)11-2/h3-5H,8H2,1-2H3. The number of nitrogens with two attached hydrogens (primary N) is 1. The van der Waals surface area contributed by atoms with Crippen molar-refractivity contribution in [3.05, 3.63) is 18.0 Å². The molecule has 0 saturated heterocycles. The molecule has 4 heteroatoms. The molecule has 0 aliphatic carbocycles. The molecule has 0 fully saturated rings. The average molecular weight is 153 g/mol. The number of methoxy groups -OCH3 is 1. The minimum Gasteiger partial charge on any atom is -0.467 e. The fourth-order valence-electron chi connectivity index (χ4n) is 0.706. The van der Waals surface area contributed by atoms with Crippen LogP contribution in [0.5, 0.6) is 6.01 Å². The zero-order valence-electron chi connectivity index (χ0n) is 6.61. The van der Waals surface area contributed by atoms with E-state index in [0.29, 0.717) is 6.01 Å². The zero-order valence-corrected chi connectivity index (χ0v) is 6.61. The molecule has 1 atom stereocenters. The smallest absolute Gasteiger partial charge is 0.316 e. The highest BCUT2D eigenvalue weighted by Gasteiger charge is 2.01. The van der Waals surface area contributed by atoms with Crippen LogP contribution in [0.15, 0.2) is 12.3 Å². The molecule has 60 valence electrons. The van der Waals surface area contributed by atoms with Crippen LogP contribution in [0.25, 0.3) is 0 Å². The summed E-state index contributed by atoms with van der Waals surface area (Å²) in [4.78, 5) is 7.88. The zero-order chi connectivity index (χ0) is 8.27. The van der Waals surface area contributed by atoms with Crippen LogP contribution in [0.2, 0.25) is 0 Å². The third-order valence-electron chi connectivity index (χ3n) is 1.30. The Morgan fingerprint density at radius 1 is 1.64 bits per heavy atom. The first-order valence-electron chi connectivity index (χ1n) is 3.36. The Labute approximate surface area is 65.4 Å². The lowest BCUT2D eigenvalue weighted by Crippen LogP contribution is -2.08. The molecular formula is C7H11N3O. The van der Waals surface area contributed by atoms with Crippen LogP contribution < -0.4 is 10.5 Å².